The van der Waals surface area contributed by atoms with Crippen LogP contribution >= 0.6 is 15.9 Å². The van der Waals surface area contributed by atoms with Gasteiger partial charge >= 0.3 is 6.98 Å². The number of benzene rings is 1. The van der Waals surface area contributed by atoms with Crippen LogP contribution in [0, 0.1) is 11.6 Å². The van der Waals surface area contributed by atoms with Crippen LogP contribution in [-0.2, 0) is 0 Å². The Morgan fingerprint density at radius 3 is 2.00 bits per heavy atom. The van der Waals surface area contributed by atoms with E-state index in [0.717, 1.165) is 6.07 Å². The second-order valence-corrected chi connectivity index (χ2v) is 3.19. The number of hydrogen-bond acceptors (Lipinski definition) is 0. The van der Waals surface area contributed by atoms with Gasteiger partial charge in [-0.1, -0.05) is 21.4 Å². The highest BCUT2D eigenvalue weighted by molar-refractivity contribution is 9.10. The fraction of sp³-hybridized carbons (Fsp3) is 0. The normalized spacial score (nSPS) is 11.8. The van der Waals surface area contributed by atoms with E-state index in [1.807, 2.05) is 0 Å². The van der Waals surface area contributed by atoms with Crippen molar-refractivity contribution in [3.05, 3.63) is 28.2 Å². The molecule has 0 unspecified atom stereocenters. The van der Waals surface area contributed by atoms with Crippen LogP contribution in [0.1, 0.15) is 0 Å². The maximum atomic E-state index is 12.6. The van der Waals surface area contributed by atoms with E-state index in [2.05, 4.69) is 15.9 Å². The van der Waals surface area contributed by atoms with Gasteiger partial charge in [0.15, 0.2) is 5.82 Å². The van der Waals surface area contributed by atoms with Crippen LogP contribution in [0.4, 0.5) is 21.7 Å². The van der Waals surface area contributed by atoms with Gasteiger partial charge in [0.2, 0.25) is 0 Å². The Morgan fingerprint density at radius 2 is 1.62 bits per heavy atom. The molecule has 1 rings (SSSR count). The lowest BCUT2D eigenvalue weighted by molar-refractivity contribution is 0.477. The van der Waals surface area contributed by atoms with Crippen LogP contribution < -0.4 is 5.46 Å². The lowest BCUT2D eigenvalue weighted by atomic mass is 9.79. The first kappa shape index (κ1) is 10.5. The lowest BCUT2D eigenvalue weighted by Gasteiger charge is -2.17. The van der Waals surface area contributed by atoms with Crippen molar-refractivity contribution in [2.24, 2.45) is 0 Å². The van der Waals surface area contributed by atoms with Crippen LogP contribution in [0.3, 0.4) is 0 Å². The first-order valence-electron chi connectivity index (χ1n) is 3.17. The topological polar surface area (TPSA) is 0 Å². The zero-order valence-electron chi connectivity index (χ0n) is 6.00. The summed E-state index contributed by atoms with van der Waals surface area (Å²) in [5.74, 6) is -3.36. The SMILES string of the molecule is Fc1ccc(Br)c([B-](F)(F)F)c1F. The molecule has 72 valence electrons. The third kappa shape index (κ3) is 2.01. The van der Waals surface area contributed by atoms with E-state index in [9.17, 15) is 21.7 Å². The van der Waals surface area contributed by atoms with Gasteiger partial charge in [-0.3, -0.25) is 0 Å². The van der Waals surface area contributed by atoms with Gasteiger partial charge in [-0.25, -0.2) is 8.78 Å². The molecule has 0 bridgehead atoms. The molecule has 1 aromatic rings. The molecule has 0 saturated carbocycles. The Balaban J connectivity index is 3.43. The quantitative estimate of drug-likeness (QED) is 0.413. The van der Waals surface area contributed by atoms with E-state index in [0.29, 0.717) is 6.07 Å². The molecule has 0 aliphatic heterocycles. The Bertz CT molecular complexity index is 335. The van der Waals surface area contributed by atoms with Crippen LogP contribution in [0.5, 0.6) is 0 Å². The zero-order chi connectivity index (χ0) is 10.2. The highest BCUT2D eigenvalue weighted by Gasteiger charge is 2.32. The molecule has 0 radical (unpaired) electrons. The maximum Gasteiger partial charge on any atom is 0.513 e. The van der Waals surface area contributed by atoms with Gasteiger partial charge in [0.25, 0.3) is 0 Å². The van der Waals surface area contributed by atoms with Crippen LogP contribution in [-0.4, -0.2) is 6.98 Å². The van der Waals surface area contributed by atoms with Crippen molar-refractivity contribution in [2.75, 3.05) is 0 Å². The van der Waals surface area contributed by atoms with Gasteiger partial charge < -0.3 is 12.9 Å². The van der Waals surface area contributed by atoms with Crippen molar-refractivity contribution in [1.29, 1.82) is 0 Å². The molecular weight excluding hydrogens is 258 g/mol. The summed E-state index contributed by atoms with van der Waals surface area (Å²) < 4.78 is 60.9. The van der Waals surface area contributed by atoms with Crippen LogP contribution in [0.25, 0.3) is 0 Å². The zero-order valence-corrected chi connectivity index (χ0v) is 7.59. The van der Waals surface area contributed by atoms with Crippen molar-refractivity contribution in [3.8, 4) is 0 Å². The van der Waals surface area contributed by atoms with Crippen molar-refractivity contribution in [2.45, 2.75) is 0 Å². The molecule has 0 aromatic heterocycles. The molecule has 0 aliphatic rings. The summed E-state index contributed by atoms with van der Waals surface area (Å²) in [6.07, 6.45) is 0. The molecular formula is C6H2BBrF5-. The molecule has 0 heterocycles. The summed E-state index contributed by atoms with van der Waals surface area (Å²) in [5, 5.41) is 0. The minimum Gasteiger partial charge on any atom is -0.445 e. The molecule has 13 heavy (non-hydrogen) atoms. The Labute approximate surface area is 78.9 Å². The molecule has 0 fully saturated rings. The molecule has 0 aliphatic carbocycles. The second kappa shape index (κ2) is 3.28. The molecule has 0 atom stereocenters. The molecule has 0 nitrogen and oxygen atoms in total. The van der Waals surface area contributed by atoms with Crippen molar-refractivity contribution < 1.29 is 21.7 Å². The first-order chi connectivity index (χ1) is 5.84. The van der Waals surface area contributed by atoms with Gasteiger partial charge in [-0.15, -0.1) is 0 Å². The Morgan fingerprint density at radius 1 is 1.08 bits per heavy atom. The third-order valence-corrected chi connectivity index (χ3v) is 2.10. The Hall–Kier alpha value is -0.585. The summed E-state index contributed by atoms with van der Waals surface area (Å²) in [6, 6.07) is 1.45. The fourth-order valence-corrected chi connectivity index (χ4v) is 1.41. The second-order valence-electron chi connectivity index (χ2n) is 2.33. The van der Waals surface area contributed by atoms with E-state index in [-0.39, 0.29) is 0 Å². The molecule has 0 saturated heterocycles. The van der Waals surface area contributed by atoms with E-state index >= 15 is 0 Å². The van der Waals surface area contributed by atoms with E-state index in [1.54, 1.807) is 0 Å². The van der Waals surface area contributed by atoms with E-state index in [1.165, 1.54) is 0 Å². The van der Waals surface area contributed by atoms with Gasteiger partial charge in [0.1, 0.15) is 5.82 Å². The third-order valence-electron chi connectivity index (χ3n) is 1.41. The molecule has 7 heteroatoms. The predicted molar refractivity (Wildman–Crippen MR) is 42.8 cm³/mol. The minimum atomic E-state index is -5.54. The number of rotatable bonds is 1. The van der Waals surface area contributed by atoms with Crippen LogP contribution in [0.15, 0.2) is 16.6 Å². The average Bonchev–Trinajstić information content (AvgIpc) is 1.95. The van der Waals surface area contributed by atoms with Crippen molar-refractivity contribution in [1.82, 2.24) is 0 Å². The first-order valence-corrected chi connectivity index (χ1v) is 3.96. The number of hydrogen-bond donors (Lipinski definition) is 0. The molecule has 1 aromatic carbocycles. The van der Waals surface area contributed by atoms with E-state index < -0.39 is 28.5 Å². The molecule has 0 N–H and O–H groups in total. The minimum absolute atomic E-state index is 0.487. The summed E-state index contributed by atoms with van der Waals surface area (Å²) in [6.45, 7) is -5.54. The monoisotopic (exact) mass is 259 g/mol. The average molecular weight is 260 g/mol. The predicted octanol–water partition coefficient (Wildman–Crippen LogP) is 2.78. The van der Waals surface area contributed by atoms with Crippen molar-refractivity contribution in [3.63, 3.8) is 0 Å². The van der Waals surface area contributed by atoms with Crippen molar-refractivity contribution >= 4 is 28.4 Å². The summed E-state index contributed by atoms with van der Waals surface area (Å²) in [5.41, 5.74) is -1.56. The number of halogens is 6. The maximum absolute atomic E-state index is 12.6. The largest absolute Gasteiger partial charge is 0.513 e. The molecule has 0 spiro atoms. The summed E-state index contributed by atoms with van der Waals surface area (Å²) in [7, 11) is 0. The van der Waals surface area contributed by atoms with E-state index in [4.69, 9.17) is 0 Å². The fourth-order valence-electron chi connectivity index (χ4n) is 0.843. The molecule has 0 amide bonds. The standard InChI is InChI=1S/C6H2BBrF5/c8-3-1-2-4(9)6(10)5(3)7(11,12)13/h1-2H/q-1. The van der Waals surface area contributed by atoms with Gasteiger partial charge in [0, 0.05) is 0 Å². The Kier molecular flexibility index (Phi) is 2.65. The highest BCUT2D eigenvalue weighted by Crippen LogP contribution is 2.20. The van der Waals surface area contributed by atoms with Gasteiger partial charge in [0.05, 0.1) is 0 Å². The summed E-state index contributed by atoms with van der Waals surface area (Å²) >= 11 is 2.51. The van der Waals surface area contributed by atoms with Gasteiger partial charge in [-0.05, 0) is 16.6 Å². The van der Waals surface area contributed by atoms with Gasteiger partial charge in [-0.2, -0.15) is 0 Å². The lowest BCUT2D eigenvalue weighted by Crippen LogP contribution is -2.38. The summed E-state index contributed by atoms with van der Waals surface area (Å²) in [4.78, 5) is 0. The highest BCUT2D eigenvalue weighted by atomic mass is 79.9. The smallest absolute Gasteiger partial charge is 0.445 e. The van der Waals surface area contributed by atoms with Crippen LogP contribution in [0.2, 0.25) is 0 Å².